The molecule has 0 heterocycles. The molecular weight excluding hydrogens is 172 g/mol. The normalized spacial score (nSPS) is 11.6. The van der Waals surface area contributed by atoms with Crippen LogP contribution in [0.2, 0.25) is 0 Å². The first-order valence-electron chi connectivity index (χ1n) is 2.99. The maximum atomic E-state index is 12.0. The van der Waals surface area contributed by atoms with Gasteiger partial charge in [-0.25, -0.2) is 0 Å². The van der Waals surface area contributed by atoms with Crippen LogP contribution < -0.4 is 5.46 Å². The molecule has 0 N–H and O–H groups in total. The molecule has 0 fully saturated rings. The van der Waals surface area contributed by atoms with Crippen molar-refractivity contribution in [2.75, 3.05) is 0 Å². The average molecular weight is 177 g/mol. The van der Waals surface area contributed by atoms with Crippen LogP contribution >= 0.6 is 12.6 Å². The fraction of sp³-hybridized carbons (Fsp3) is 0. The van der Waals surface area contributed by atoms with Crippen LogP contribution in [0, 0.1) is 0 Å². The highest BCUT2D eigenvalue weighted by Gasteiger charge is 2.24. The molecule has 0 atom stereocenters. The van der Waals surface area contributed by atoms with Crippen LogP contribution in [0.3, 0.4) is 0 Å². The zero-order valence-corrected chi connectivity index (χ0v) is 6.36. The number of rotatable bonds is 1. The Morgan fingerprint density at radius 2 is 1.82 bits per heavy atom. The van der Waals surface area contributed by atoms with Crippen LogP contribution in [-0.4, -0.2) is 6.98 Å². The van der Waals surface area contributed by atoms with E-state index in [4.69, 9.17) is 0 Å². The molecule has 1 aromatic carbocycles. The summed E-state index contributed by atoms with van der Waals surface area (Å²) in [5, 5.41) is 0. The van der Waals surface area contributed by atoms with Crippen molar-refractivity contribution in [3.05, 3.63) is 24.3 Å². The third-order valence-electron chi connectivity index (χ3n) is 1.25. The monoisotopic (exact) mass is 177 g/mol. The molecule has 0 aromatic heterocycles. The molecule has 0 radical (unpaired) electrons. The first kappa shape index (κ1) is 8.52. The lowest BCUT2D eigenvalue weighted by Gasteiger charge is -2.14. The zero-order chi connectivity index (χ0) is 8.48. The van der Waals surface area contributed by atoms with Gasteiger partial charge in [-0.05, 0) is 6.07 Å². The maximum absolute atomic E-state index is 12.0. The summed E-state index contributed by atoms with van der Waals surface area (Å²) in [6.45, 7) is -4.87. The summed E-state index contributed by atoms with van der Waals surface area (Å²) < 4.78 is 36.0. The number of hydrogen-bond donors (Lipinski definition) is 1. The standard InChI is InChI=1S/C6H5BF3S/c8-7(9,10)5-2-1-3-6(11)4-5/h1-4,11H/q-1. The lowest BCUT2D eigenvalue weighted by Crippen LogP contribution is -2.33. The van der Waals surface area contributed by atoms with E-state index in [1.807, 2.05) is 0 Å². The lowest BCUT2D eigenvalue weighted by molar-refractivity contribution is 0.501. The molecule has 11 heavy (non-hydrogen) atoms. The first-order valence-corrected chi connectivity index (χ1v) is 3.44. The lowest BCUT2D eigenvalue weighted by atomic mass is 9.80. The summed E-state index contributed by atoms with van der Waals surface area (Å²) in [6, 6.07) is 4.91. The molecule has 1 aromatic rings. The Hall–Kier alpha value is -0.575. The van der Waals surface area contributed by atoms with Gasteiger partial charge in [0, 0.05) is 4.90 Å². The SMILES string of the molecule is F[B-](F)(F)c1cccc(S)c1. The summed E-state index contributed by atoms with van der Waals surface area (Å²) in [6.07, 6.45) is 0. The van der Waals surface area contributed by atoms with Crippen molar-refractivity contribution in [2.24, 2.45) is 0 Å². The Balaban J connectivity index is 3.06. The molecule has 0 saturated carbocycles. The zero-order valence-electron chi connectivity index (χ0n) is 5.47. The van der Waals surface area contributed by atoms with Crippen molar-refractivity contribution in [1.29, 1.82) is 0 Å². The highest BCUT2D eigenvalue weighted by atomic mass is 32.1. The Bertz CT molecular complexity index is 258. The fourth-order valence-corrected chi connectivity index (χ4v) is 0.964. The molecule has 1 rings (SSSR count). The van der Waals surface area contributed by atoms with Gasteiger partial charge in [0.2, 0.25) is 0 Å². The number of hydrogen-bond acceptors (Lipinski definition) is 1. The third-order valence-corrected chi connectivity index (χ3v) is 1.53. The predicted octanol–water partition coefficient (Wildman–Crippen LogP) is 2.03. The quantitative estimate of drug-likeness (QED) is 0.492. The molecule has 0 amide bonds. The van der Waals surface area contributed by atoms with Gasteiger partial charge in [0.1, 0.15) is 0 Å². The minimum Gasteiger partial charge on any atom is -0.445 e. The number of thiol groups is 1. The summed E-state index contributed by atoms with van der Waals surface area (Å²) in [7, 11) is 0. The van der Waals surface area contributed by atoms with Crippen molar-refractivity contribution < 1.29 is 12.9 Å². The molecular formula is C6H5BF3S-. The van der Waals surface area contributed by atoms with Crippen LogP contribution in [0.5, 0.6) is 0 Å². The Morgan fingerprint density at radius 1 is 1.18 bits per heavy atom. The first-order chi connectivity index (χ1) is 5.00. The second-order valence-electron chi connectivity index (χ2n) is 2.17. The van der Waals surface area contributed by atoms with E-state index in [2.05, 4.69) is 12.6 Å². The van der Waals surface area contributed by atoms with Gasteiger partial charge in [0.05, 0.1) is 0 Å². The van der Waals surface area contributed by atoms with E-state index < -0.39 is 12.4 Å². The van der Waals surface area contributed by atoms with Gasteiger partial charge >= 0.3 is 6.98 Å². The topological polar surface area (TPSA) is 0 Å². The molecule has 5 heteroatoms. The van der Waals surface area contributed by atoms with Crippen molar-refractivity contribution in [1.82, 2.24) is 0 Å². The fourth-order valence-electron chi connectivity index (χ4n) is 0.728. The molecule has 0 aliphatic heterocycles. The second-order valence-corrected chi connectivity index (χ2v) is 2.69. The average Bonchev–Trinajstić information content (AvgIpc) is 1.86. The van der Waals surface area contributed by atoms with Gasteiger partial charge in [-0.1, -0.05) is 18.2 Å². The van der Waals surface area contributed by atoms with E-state index in [9.17, 15) is 12.9 Å². The summed E-state index contributed by atoms with van der Waals surface area (Å²) in [5.41, 5.74) is -0.600. The largest absolute Gasteiger partial charge is 0.509 e. The van der Waals surface area contributed by atoms with Gasteiger partial charge in [0.15, 0.2) is 0 Å². The second kappa shape index (κ2) is 2.81. The van der Waals surface area contributed by atoms with Crippen LogP contribution in [-0.2, 0) is 0 Å². The summed E-state index contributed by atoms with van der Waals surface area (Å²) in [4.78, 5) is 0.335. The molecule has 0 aliphatic carbocycles. The minimum absolute atomic E-state index is 0.335. The van der Waals surface area contributed by atoms with Gasteiger partial charge in [-0.3, -0.25) is 0 Å². The maximum Gasteiger partial charge on any atom is 0.509 e. The number of halogens is 3. The van der Waals surface area contributed by atoms with E-state index in [0.29, 0.717) is 4.90 Å². The molecule has 0 spiro atoms. The van der Waals surface area contributed by atoms with Gasteiger partial charge < -0.3 is 12.9 Å². The van der Waals surface area contributed by atoms with Crippen molar-refractivity contribution in [3.63, 3.8) is 0 Å². The van der Waals surface area contributed by atoms with Gasteiger partial charge in [0.25, 0.3) is 0 Å². The minimum atomic E-state index is -4.87. The van der Waals surface area contributed by atoms with Crippen LogP contribution in [0.1, 0.15) is 0 Å². The highest BCUT2D eigenvalue weighted by Crippen LogP contribution is 2.11. The third kappa shape index (κ3) is 2.18. The van der Waals surface area contributed by atoms with Crippen LogP contribution in [0.15, 0.2) is 29.2 Å². The van der Waals surface area contributed by atoms with E-state index in [0.717, 1.165) is 12.1 Å². The van der Waals surface area contributed by atoms with Crippen molar-refractivity contribution >= 4 is 25.1 Å². The van der Waals surface area contributed by atoms with E-state index in [1.165, 1.54) is 12.1 Å². The Kier molecular flexibility index (Phi) is 2.18. The molecule has 0 bridgehead atoms. The van der Waals surface area contributed by atoms with Crippen molar-refractivity contribution in [2.45, 2.75) is 4.90 Å². The van der Waals surface area contributed by atoms with Crippen molar-refractivity contribution in [3.8, 4) is 0 Å². The summed E-state index contributed by atoms with van der Waals surface area (Å²) >= 11 is 3.80. The molecule has 0 unspecified atom stereocenters. The van der Waals surface area contributed by atoms with Gasteiger partial charge in [-0.15, -0.1) is 18.1 Å². The predicted molar refractivity (Wildman–Crippen MR) is 42.4 cm³/mol. The van der Waals surface area contributed by atoms with Crippen LogP contribution in [0.25, 0.3) is 0 Å². The Labute approximate surface area is 67.9 Å². The van der Waals surface area contributed by atoms with E-state index >= 15 is 0 Å². The molecule has 0 saturated heterocycles. The van der Waals surface area contributed by atoms with Gasteiger partial charge in [-0.2, -0.15) is 0 Å². The Morgan fingerprint density at radius 3 is 2.18 bits per heavy atom. The smallest absolute Gasteiger partial charge is 0.445 e. The molecule has 0 aliphatic rings. The summed E-state index contributed by atoms with van der Waals surface area (Å²) in [5.74, 6) is 0. The highest BCUT2D eigenvalue weighted by molar-refractivity contribution is 7.80. The molecule has 60 valence electrons. The van der Waals surface area contributed by atoms with E-state index in [-0.39, 0.29) is 0 Å². The van der Waals surface area contributed by atoms with E-state index in [1.54, 1.807) is 0 Å². The number of benzene rings is 1. The molecule has 0 nitrogen and oxygen atoms in total. The van der Waals surface area contributed by atoms with Crippen LogP contribution in [0.4, 0.5) is 12.9 Å².